The molecule has 0 spiro atoms. The Kier molecular flexibility index (Phi) is 5.18. The molecule has 3 rings (SSSR count). The minimum atomic E-state index is 0.419. The Balaban J connectivity index is 1.67. The van der Waals surface area contributed by atoms with E-state index in [0.29, 0.717) is 6.04 Å². The molecule has 0 radical (unpaired) electrons. The summed E-state index contributed by atoms with van der Waals surface area (Å²) >= 11 is 0. The topological polar surface area (TPSA) is 44.3 Å². The number of piperazine rings is 1. The van der Waals surface area contributed by atoms with Gasteiger partial charge in [-0.1, -0.05) is 25.1 Å². The molecule has 1 aromatic carbocycles. The van der Waals surface area contributed by atoms with Crippen LogP contribution in [0, 0.1) is 6.92 Å². The monoisotopic (exact) mass is 325 g/mol. The van der Waals surface area contributed by atoms with E-state index in [-0.39, 0.29) is 0 Å². The van der Waals surface area contributed by atoms with Crippen LogP contribution < -0.4 is 15.1 Å². The fourth-order valence-electron chi connectivity index (χ4n) is 2.97. The molecule has 1 fully saturated rings. The highest BCUT2D eigenvalue weighted by Crippen LogP contribution is 2.21. The number of benzene rings is 1. The average molecular weight is 325 g/mol. The molecular formula is C19H27N5. The fraction of sp³-hybridized carbons (Fsp3) is 0.474. The van der Waals surface area contributed by atoms with Crippen LogP contribution in [0.3, 0.4) is 0 Å². The summed E-state index contributed by atoms with van der Waals surface area (Å²) in [5.41, 5.74) is 1.30. The molecule has 2 heterocycles. The van der Waals surface area contributed by atoms with Crippen molar-refractivity contribution in [2.45, 2.75) is 33.2 Å². The normalized spacial score (nSPS) is 16.1. The van der Waals surface area contributed by atoms with E-state index in [1.54, 1.807) is 0 Å². The molecule has 1 aliphatic rings. The standard InChI is InChI=1S/C19H27N5/c1-4-15(2)20-18-14-19(22-16(3)21-18)24-12-10-23(11-13-24)17-8-6-5-7-9-17/h5-9,14-15H,4,10-13H2,1-3H3,(H,20,21,22). The van der Waals surface area contributed by atoms with Crippen LogP contribution in [-0.2, 0) is 0 Å². The molecule has 5 heteroatoms. The summed E-state index contributed by atoms with van der Waals surface area (Å²) in [6.45, 7) is 10.3. The first-order valence-electron chi connectivity index (χ1n) is 8.83. The van der Waals surface area contributed by atoms with Crippen molar-refractivity contribution >= 4 is 17.3 Å². The highest BCUT2D eigenvalue weighted by Gasteiger charge is 2.19. The molecule has 0 bridgehead atoms. The summed E-state index contributed by atoms with van der Waals surface area (Å²) in [4.78, 5) is 14.0. The maximum Gasteiger partial charge on any atom is 0.134 e. The molecule has 0 aliphatic carbocycles. The summed E-state index contributed by atoms with van der Waals surface area (Å²) in [6.07, 6.45) is 1.08. The highest BCUT2D eigenvalue weighted by atomic mass is 15.3. The summed E-state index contributed by atoms with van der Waals surface area (Å²) in [5.74, 6) is 2.78. The Bertz CT molecular complexity index is 650. The molecule has 128 valence electrons. The Morgan fingerprint density at radius 3 is 2.38 bits per heavy atom. The number of nitrogens with one attached hydrogen (secondary N) is 1. The summed E-state index contributed by atoms with van der Waals surface area (Å²) in [5, 5.41) is 3.46. The third kappa shape index (κ3) is 3.96. The van der Waals surface area contributed by atoms with Gasteiger partial charge in [0.15, 0.2) is 0 Å². The zero-order chi connectivity index (χ0) is 16.9. The molecule has 1 saturated heterocycles. The van der Waals surface area contributed by atoms with Crippen molar-refractivity contribution in [1.29, 1.82) is 0 Å². The first-order chi connectivity index (χ1) is 11.7. The molecule has 1 atom stereocenters. The lowest BCUT2D eigenvalue weighted by molar-refractivity contribution is 0.645. The van der Waals surface area contributed by atoms with Crippen LogP contribution in [0.5, 0.6) is 0 Å². The van der Waals surface area contributed by atoms with Crippen LogP contribution >= 0.6 is 0 Å². The highest BCUT2D eigenvalue weighted by molar-refractivity contribution is 5.52. The van der Waals surface area contributed by atoms with E-state index in [2.05, 4.69) is 75.3 Å². The van der Waals surface area contributed by atoms with Gasteiger partial charge in [0.05, 0.1) is 0 Å². The predicted octanol–water partition coefficient (Wildman–Crippen LogP) is 3.32. The van der Waals surface area contributed by atoms with E-state index in [9.17, 15) is 0 Å². The summed E-state index contributed by atoms with van der Waals surface area (Å²) < 4.78 is 0. The van der Waals surface area contributed by atoms with E-state index in [0.717, 1.165) is 50.1 Å². The van der Waals surface area contributed by atoms with Gasteiger partial charge in [0.2, 0.25) is 0 Å². The second-order valence-electron chi connectivity index (χ2n) is 6.42. The number of nitrogens with zero attached hydrogens (tertiary/aromatic N) is 4. The van der Waals surface area contributed by atoms with E-state index in [4.69, 9.17) is 0 Å². The van der Waals surface area contributed by atoms with Crippen molar-refractivity contribution in [2.75, 3.05) is 41.3 Å². The van der Waals surface area contributed by atoms with Crippen LogP contribution in [0.4, 0.5) is 17.3 Å². The van der Waals surface area contributed by atoms with Gasteiger partial charge in [-0.2, -0.15) is 0 Å². The largest absolute Gasteiger partial charge is 0.368 e. The third-order valence-corrected chi connectivity index (χ3v) is 4.56. The van der Waals surface area contributed by atoms with Crippen molar-refractivity contribution < 1.29 is 0 Å². The van der Waals surface area contributed by atoms with Crippen molar-refractivity contribution in [3.05, 3.63) is 42.2 Å². The van der Waals surface area contributed by atoms with Gasteiger partial charge in [-0.05, 0) is 32.4 Å². The number of anilines is 3. The van der Waals surface area contributed by atoms with Gasteiger partial charge in [0.25, 0.3) is 0 Å². The molecule has 1 unspecified atom stereocenters. The lowest BCUT2D eigenvalue weighted by Crippen LogP contribution is -2.46. The summed E-state index contributed by atoms with van der Waals surface area (Å²) in [7, 11) is 0. The lowest BCUT2D eigenvalue weighted by atomic mass is 10.2. The number of rotatable bonds is 5. The minimum Gasteiger partial charge on any atom is -0.368 e. The second kappa shape index (κ2) is 7.51. The van der Waals surface area contributed by atoms with Crippen LogP contribution in [0.2, 0.25) is 0 Å². The van der Waals surface area contributed by atoms with E-state index >= 15 is 0 Å². The zero-order valence-electron chi connectivity index (χ0n) is 14.9. The number of hydrogen-bond donors (Lipinski definition) is 1. The minimum absolute atomic E-state index is 0.419. The molecular weight excluding hydrogens is 298 g/mol. The Morgan fingerprint density at radius 1 is 1.04 bits per heavy atom. The smallest absolute Gasteiger partial charge is 0.134 e. The van der Waals surface area contributed by atoms with E-state index < -0.39 is 0 Å². The molecule has 5 nitrogen and oxygen atoms in total. The van der Waals surface area contributed by atoms with Crippen LogP contribution in [0.25, 0.3) is 0 Å². The Hall–Kier alpha value is -2.30. The van der Waals surface area contributed by atoms with E-state index in [1.165, 1.54) is 5.69 Å². The van der Waals surface area contributed by atoms with Crippen molar-refractivity contribution in [3.8, 4) is 0 Å². The van der Waals surface area contributed by atoms with Crippen LogP contribution in [0.15, 0.2) is 36.4 Å². The number of aromatic nitrogens is 2. The van der Waals surface area contributed by atoms with Gasteiger partial charge >= 0.3 is 0 Å². The van der Waals surface area contributed by atoms with Gasteiger partial charge in [-0.25, -0.2) is 9.97 Å². The number of aryl methyl sites for hydroxylation is 1. The SMILES string of the molecule is CCC(C)Nc1cc(N2CCN(c3ccccc3)CC2)nc(C)n1. The van der Waals surface area contributed by atoms with Gasteiger partial charge < -0.3 is 15.1 Å². The molecule has 1 aromatic heterocycles. The van der Waals surface area contributed by atoms with E-state index in [1.807, 2.05) is 6.92 Å². The fourth-order valence-corrected chi connectivity index (χ4v) is 2.97. The van der Waals surface area contributed by atoms with Gasteiger partial charge in [0.1, 0.15) is 17.5 Å². The van der Waals surface area contributed by atoms with Crippen molar-refractivity contribution in [1.82, 2.24) is 9.97 Å². The molecule has 2 aromatic rings. The van der Waals surface area contributed by atoms with Crippen molar-refractivity contribution in [2.24, 2.45) is 0 Å². The lowest BCUT2D eigenvalue weighted by Gasteiger charge is -2.36. The molecule has 24 heavy (non-hydrogen) atoms. The number of para-hydroxylation sites is 1. The zero-order valence-corrected chi connectivity index (χ0v) is 14.9. The van der Waals surface area contributed by atoms with Gasteiger partial charge in [0, 0.05) is 44.0 Å². The first-order valence-corrected chi connectivity index (χ1v) is 8.83. The van der Waals surface area contributed by atoms with Crippen molar-refractivity contribution in [3.63, 3.8) is 0 Å². The van der Waals surface area contributed by atoms with Gasteiger partial charge in [-0.3, -0.25) is 0 Å². The quantitative estimate of drug-likeness (QED) is 0.913. The average Bonchev–Trinajstić information content (AvgIpc) is 2.62. The molecule has 0 saturated carbocycles. The summed E-state index contributed by atoms with van der Waals surface area (Å²) in [6, 6.07) is 13.1. The maximum atomic E-state index is 4.64. The Labute approximate surface area is 144 Å². The molecule has 1 N–H and O–H groups in total. The van der Waals surface area contributed by atoms with Gasteiger partial charge in [-0.15, -0.1) is 0 Å². The maximum absolute atomic E-state index is 4.64. The second-order valence-corrected chi connectivity index (χ2v) is 6.42. The number of hydrogen-bond acceptors (Lipinski definition) is 5. The van der Waals surface area contributed by atoms with Crippen LogP contribution in [-0.4, -0.2) is 42.2 Å². The first kappa shape index (κ1) is 16.6. The molecule has 1 aliphatic heterocycles. The third-order valence-electron chi connectivity index (χ3n) is 4.56. The predicted molar refractivity (Wildman–Crippen MR) is 101 cm³/mol. The van der Waals surface area contributed by atoms with Crippen LogP contribution in [0.1, 0.15) is 26.1 Å². The molecule has 0 amide bonds. The Morgan fingerprint density at radius 2 is 1.71 bits per heavy atom.